The molecule has 1 saturated carbocycles. The van der Waals surface area contributed by atoms with E-state index in [1.54, 1.807) is 14.0 Å². The fourth-order valence-corrected chi connectivity index (χ4v) is 4.34. The van der Waals surface area contributed by atoms with E-state index in [0.29, 0.717) is 5.69 Å². The van der Waals surface area contributed by atoms with Gasteiger partial charge in [-0.1, -0.05) is 43.2 Å². The largest absolute Gasteiger partial charge is 0.351 e. The minimum atomic E-state index is -1.07. The van der Waals surface area contributed by atoms with Gasteiger partial charge in [0, 0.05) is 19.2 Å². The van der Waals surface area contributed by atoms with E-state index in [-0.39, 0.29) is 42.0 Å². The highest BCUT2D eigenvalue weighted by Gasteiger charge is 2.46. The Labute approximate surface area is 182 Å². The standard InChI is InChI=1S/C23H29N5O3/c1-15(16-9-5-4-6-10-16)24-20(29)18-13-19-21(30)27(3)23(2,14-28(19)26-18)22(31)25-17-11-7-8-12-17/h4-6,9-10,13,15,17H,7-8,11-12,14H2,1-3H3,(H,24,29)(H,25,31)/t15-,23+/m1/s1. The summed E-state index contributed by atoms with van der Waals surface area (Å²) in [6, 6.07) is 11.1. The summed E-state index contributed by atoms with van der Waals surface area (Å²) in [6.45, 7) is 3.84. The van der Waals surface area contributed by atoms with Crippen molar-refractivity contribution >= 4 is 17.7 Å². The highest BCUT2D eigenvalue weighted by Crippen LogP contribution is 2.27. The molecule has 4 rings (SSSR count). The van der Waals surface area contributed by atoms with Crippen LogP contribution >= 0.6 is 0 Å². The number of hydrogen-bond donors (Lipinski definition) is 2. The smallest absolute Gasteiger partial charge is 0.272 e. The Bertz CT molecular complexity index is 996. The van der Waals surface area contributed by atoms with Crippen molar-refractivity contribution in [3.63, 3.8) is 0 Å². The topological polar surface area (TPSA) is 96.3 Å². The third-order valence-electron chi connectivity index (χ3n) is 6.56. The summed E-state index contributed by atoms with van der Waals surface area (Å²) in [7, 11) is 1.63. The van der Waals surface area contributed by atoms with Crippen molar-refractivity contribution in [3.05, 3.63) is 53.3 Å². The van der Waals surface area contributed by atoms with Crippen molar-refractivity contribution in [2.75, 3.05) is 7.05 Å². The predicted octanol–water partition coefficient (Wildman–Crippen LogP) is 2.28. The molecule has 0 radical (unpaired) electrons. The van der Waals surface area contributed by atoms with Crippen LogP contribution in [-0.4, -0.2) is 51.0 Å². The monoisotopic (exact) mass is 423 g/mol. The van der Waals surface area contributed by atoms with Gasteiger partial charge in [0.15, 0.2) is 5.69 Å². The van der Waals surface area contributed by atoms with Gasteiger partial charge in [-0.05, 0) is 32.3 Å². The van der Waals surface area contributed by atoms with Crippen molar-refractivity contribution in [2.24, 2.45) is 0 Å². The van der Waals surface area contributed by atoms with E-state index in [1.807, 2.05) is 37.3 Å². The van der Waals surface area contributed by atoms with Crippen molar-refractivity contribution in [3.8, 4) is 0 Å². The van der Waals surface area contributed by atoms with Crippen LogP contribution in [0, 0.1) is 0 Å². The van der Waals surface area contributed by atoms with E-state index < -0.39 is 5.54 Å². The molecule has 2 atom stereocenters. The lowest BCUT2D eigenvalue weighted by Gasteiger charge is -2.41. The summed E-state index contributed by atoms with van der Waals surface area (Å²) in [5.74, 6) is -0.858. The molecule has 1 aliphatic heterocycles. The molecule has 2 aliphatic rings. The molecule has 0 unspecified atom stereocenters. The van der Waals surface area contributed by atoms with Gasteiger partial charge in [0.1, 0.15) is 11.2 Å². The Kier molecular flexibility index (Phi) is 5.56. The molecule has 164 valence electrons. The first-order chi connectivity index (χ1) is 14.8. The zero-order valence-electron chi connectivity index (χ0n) is 18.2. The first-order valence-electron chi connectivity index (χ1n) is 10.8. The average molecular weight is 424 g/mol. The van der Waals surface area contributed by atoms with Crippen LogP contribution in [0.1, 0.15) is 72.1 Å². The second kappa shape index (κ2) is 8.17. The van der Waals surface area contributed by atoms with E-state index in [4.69, 9.17) is 0 Å². The quantitative estimate of drug-likeness (QED) is 0.771. The summed E-state index contributed by atoms with van der Waals surface area (Å²) in [6.07, 6.45) is 4.16. The molecule has 1 aromatic carbocycles. The summed E-state index contributed by atoms with van der Waals surface area (Å²) in [5, 5.41) is 10.4. The Hall–Kier alpha value is -3.16. The number of rotatable bonds is 5. The number of benzene rings is 1. The molecule has 3 amide bonds. The van der Waals surface area contributed by atoms with Crippen LogP contribution in [0.3, 0.4) is 0 Å². The summed E-state index contributed by atoms with van der Waals surface area (Å²) in [5.41, 5.74) is 0.391. The van der Waals surface area contributed by atoms with Crippen LogP contribution in [0.2, 0.25) is 0 Å². The second-order valence-corrected chi connectivity index (χ2v) is 8.77. The molecule has 2 aromatic rings. The maximum absolute atomic E-state index is 13.1. The van der Waals surface area contributed by atoms with Crippen molar-refractivity contribution < 1.29 is 14.4 Å². The predicted molar refractivity (Wildman–Crippen MR) is 115 cm³/mol. The van der Waals surface area contributed by atoms with Crippen molar-refractivity contribution in [1.29, 1.82) is 0 Å². The zero-order chi connectivity index (χ0) is 22.2. The molecule has 0 saturated heterocycles. The lowest BCUT2D eigenvalue weighted by molar-refractivity contribution is -0.133. The van der Waals surface area contributed by atoms with Gasteiger partial charge in [-0.2, -0.15) is 5.10 Å². The minimum Gasteiger partial charge on any atom is -0.351 e. The van der Waals surface area contributed by atoms with Crippen LogP contribution in [0.5, 0.6) is 0 Å². The van der Waals surface area contributed by atoms with E-state index in [0.717, 1.165) is 31.2 Å². The van der Waals surface area contributed by atoms with Gasteiger partial charge in [0.2, 0.25) is 5.91 Å². The van der Waals surface area contributed by atoms with Crippen LogP contribution in [0.25, 0.3) is 0 Å². The van der Waals surface area contributed by atoms with E-state index in [9.17, 15) is 14.4 Å². The van der Waals surface area contributed by atoms with Gasteiger partial charge in [-0.15, -0.1) is 0 Å². The van der Waals surface area contributed by atoms with E-state index >= 15 is 0 Å². The van der Waals surface area contributed by atoms with Crippen LogP contribution in [0.15, 0.2) is 36.4 Å². The molecule has 2 heterocycles. The molecule has 8 heteroatoms. The van der Waals surface area contributed by atoms with Crippen LogP contribution < -0.4 is 10.6 Å². The third kappa shape index (κ3) is 3.94. The fraction of sp³-hybridized carbons (Fsp3) is 0.478. The Morgan fingerprint density at radius 3 is 2.55 bits per heavy atom. The third-order valence-corrected chi connectivity index (χ3v) is 6.56. The number of carbonyl (C=O) groups excluding carboxylic acids is 3. The SMILES string of the molecule is C[C@@H](NC(=O)c1cc2n(n1)C[C@@](C)(C(=O)NC1CCCC1)N(C)C2=O)c1ccccc1. The van der Waals surface area contributed by atoms with Crippen molar-refractivity contribution in [1.82, 2.24) is 25.3 Å². The highest BCUT2D eigenvalue weighted by molar-refractivity contribution is 6.01. The Morgan fingerprint density at radius 2 is 1.87 bits per heavy atom. The summed E-state index contributed by atoms with van der Waals surface area (Å²) < 4.78 is 1.48. The second-order valence-electron chi connectivity index (χ2n) is 8.77. The number of amides is 3. The number of likely N-dealkylation sites (N-methyl/N-ethyl adjacent to an activating group) is 1. The van der Waals surface area contributed by atoms with Gasteiger partial charge in [0.25, 0.3) is 11.8 Å². The molecule has 0 spiro atoms. The number of hydrogen-bond acceptors (Lipinski definition) is 4. The van der Waals surface area contributed by atoms with Gasteiger partial charge in [-0.3, -0.25) is 19.1 Å². The summed E-state index contributed by atoms with van der Waals surface area (Å²) >= 11 is 0. The molecule has 1 fully saturated rings. The first-order valence-corrected chi connectivity index (χ1v) is 10.8. The average Bonchev–Trinajstić information content (AvgIpc) is 3.42. The number of aromatic nitrogens is 2. The number of fused-ring (bicyclic) bond motifs is 1. The molecule has 1 aliphatic carbocycles. The van der Waals surface area contributed by atoms with Crippen LogP contribution in [0.4, 0.5) is 0 Å². The maximum atomic E-state index is 13.1. The minimum absolute atomic E-state index is 0.160. The molecule has 31 heavy (non-hydrogen) atoms. The van der Waals surface area contributed by atoms with Gasteiger partial charge in [0.05, 0.1) is 12.6 Å². The van der Waals surface area contributed by atoms with Crippen LogP contribution in [-0.2, 0) is 11.3 Å². The lowest BCUT2D eigenvalue weighted by atomic mass is 9.95. The van der Waals surface area contributed by atoms with Gasteiger partial charge < -0.3 is 15.5 Å². The zero-order valence-corrected chi connectivity index (χ0v) is 18.2. The molecule has 2 N–H and O–H groups in total. The Morgan fingerprint density at radius 1 is 1.19 bits per heavy atom. The lowest BCUT2D eigenvalue weighted by Crippen LogP contribution is -2.63. The summed E-state index contributed by atoms with van der Waals surface area (Å²) in [4.78, 5) is 40.3. The number of nitrogens with one attached hydrogen (secondary N) is 2. The van der Waals surface area contributed by atoms with Crippen molar-refractivity contribution in [2.45, 2.75) is 63.7 Å². The highest BCUT2D eigenvalue weighted by atomic mass is 16.2. The van der Waals surface area contributed by atoms with Gasteiger partial charge >= 0.3 is 0 Å². The molecular formula is C23H29N5O3. The molecular weight excluding hydrogens is 394 g/mol. The molecule has 0 bridgehead atoms. The van der Waals surface area contributed by atoms with E-state index in [1.165, 1.54) is 15.6 Å². The van der Waals surface area contributed by atoms with E-state index in [2.05, 4.69) is 15.7 Å². The first kappa shape index (κ1) is 21.1. The normalized spacial score (nSPS) is 22.2. The number of carbonyl (C=O) groups is 3. The van der Waals surface area contributed by atoms with Gasteiger partial charge in [-0.25, -0.2) is 0 Å². The Balaban J connectivity index is 1.52. The maximum Gasteiger partial charge on any atom is 0.272 e. The number of nitrogens with zero attached hydrogens (tertiary/aromatic N) is 3. The molecule has 1 aromatic heterocycles. The molecule has 8 nitrogen and oxygen atoms in total. The fourth-order valence-electron chi connectivity index (χ4n) is 4.34.